The lowest BCUT2D eigenvalue weighted by molar-refractivity contribution is -0.118. The maximum absolute atomic E-state index is 12.5. The van der Waals surface area contributed by atoms with Crippen molar-refractivity contribution in [3.63, 3.8) is 0 Å². The minimum atomic E-state index is -0.199. The van der Waals surface area contributed by atoms with Crippen LogP contribution in [0.2, 0.25) is 0 Å². The first-order valence-corrected chi connectivity index (χ1v) is 11.7. The molecule has 1 aliphatic rings. The molecule has 3 aromatic rings. The van der Waals surface area contributed by atoms with E-state index in [1.807, 2.05) is 49.4 Å². The molecular weight excluding hydrogens is 412 g/mol. The highest BCUT2D eigenvalue weighted by Gasteiger charge is 2.14. The second-order valence-corrected chi connectivity index (χ2v) is 8.94. The number of ether oxygens (including phenoxy) is 1. The minimum absolute atomic E-state index is 0.0439. The molecule has 0 radical (unpaired) electrons. The summed E-state index contributed by atoms with van der Waals surface area (Å²) in [7, 11) is 0. The van der Waals surface area contributed by atoms with E-state index >= 15 is 0 Å². The van der Waals surface area contributed by atoms with E-state index in [1.54, 1.807) is 0 Å². The largest absolute Gasteiger partial charge is 0.483 e. The van der Waals surface area contributed by atoms with Gasteiger partial charge in [0.05, 0.1) is 5.69 Å². The zero-order valence-electron chi connectivity index (χ0n) is 19.7. The zero-order chi connectivity index (χ0) is 23.2. The van der Waals surface area contributed by atoms with Crippen molar-refractivity contribution in [3.05, 3.63) is 65.7 Å². The number of aryl methyl sites for hydroxylation is 1. The van der Waals surface area contributed by atoms with Gasteiger partial charge < -0.3 is 15.0 Å². The van der Waals surface area contributed by atoms with E-state index in [0.717, 1.165) is 47.0 Å². The molecule has 0 aliphatic carbocycles. The van der Waals surface area contributed by atoms with Crippen LogP contribution in [0.15, 0.2) is 54.6 Å². The smallest absolute Gasteiger partial charge is 0.262 e. The Balaban J connectivity index is 1.39. The third kappa shape index (κ3) is 5.89. The summed E-state index contributed by atoms with van der Waals surface area (Å²) in [5.41, 5.74) is 4.60. The summed E-state index contributed by atoms with van der Waals surface area (Å²) in [6.07, 6.45) is 3.70. The number of rotatable bonds is 7. The molecule has 0 spiro atoms. The van der Waals surface area contributed by atoms with Gasteiger partial charge >= 0.3 is 0 Å². The number of carbonyl (C=O) groups is 1. The van der Waals surface area contributed by atoms with Crippen LogP contribution in [-0.2, 0) is 4.79 Å². The molecule has 6 heteroatoms. The van der Waals surface area contributed by atoms with Crippen LogP contribution >= 0.6 is 0 Å². The normalized spacial score (nSPS) is 13.8. The van der Waals surface area contributed by atoms with Gasteiger partial charge in [-0.2, -0.15) is 0 Å². The van der Waals surface area contributed by atoms with Crippen LogP contribution in [0.3, 0.4) is 0 Å². The molecule has 1 saturated heterocycles. The van der Waals surface area contributed by atoms with Crippen LogP contribution in [0.4, 0.5) is 11.5 Å². The molecule has 6 nitrogen and oxygen atoms in total. The van der Waals surface area contributed by atoms with E-state index in [4.69, 9.17) is 4.74 Å². The number of benzene rings is 2. The maximum atomic E-state index is 12.5. The molecule has 1 fully saturated rings. The number of aromatic nitrogens is 2. The Hall–Kier alpha value is -3.41. The van der Waals surface area contributed by atoms with Crippen molar-refractivity contribution < 1.29 is 9.53 Å². The van der Waals surface area contributed by atoms with E-state index in [2.05, 4.69) is 46.4 Å². The van der Waals surface area contributed by atoms with Crippen molar-refractivity contribution >= 4 is 17.4 Å². The SMILES string of the molecule is Cc1ccc(C(C)C)c(OCC(=O)Nc2cccc(-c3ccc(N4CCCCC4)nn3)c2)c1. The molecular formula is C27H32N4O2. The second-order valence-electron chi connectivity index (χ2n) is 8.94. The highest BCUT2D eigenvalue weighted by Crippen LogP contribution is 2.28. The van der Waals surface area contributed by atoms with E-state index in [9.17, 15) is 4.79 Å². The Morgan fingerprint density at radius 1 is 1.03 bits per heavy atom. The van der Waals surface area contributed by atoms with Crippen LogP contribution in [0.5, 0.6) is 5.75 Å². The van der Waals surface area contributed by atoms with Gasteiger partial charge in [-0.05, 0) is 73.6 Å². The highest BCUT2D eigenvalue weighted by molar-refractivity contribution is 5.92. The fourth-order valence-electron chi connectivity index (χ4n) is 4.11. The molecule has 0 atom stereocenters. The van der Waals surface area contributed by atoms with Crippen LogP contribution in [-0.4, -0.2) is 35.8 Å². The summed E-state index contributed by atoms with van der Waals surface area (Å²) in [5.74, 6) is 1.81. The third-order valence-corrected chi connectivity index (χ3v) is 5.92. The number of hydrogen-bond acceptors (Lipinski definition) is 5. The van der Waals surface area contributed by atoms with Crippen molar-refractivity contribution in [1.82, 2.24) is 10.2 Å². The fourth-order valence-corrected chi connectivity index (χ4v) is 4.11. The van der Waals surface area contributed by atoms with Gasteiger partial charge in [-0.3, -0.25) is 4.79 Å². The van der Waals surface area contributed by atoms with Crippen LogP contribution in [0.25, 0.3) is 11.3 Å². The summed E-state index contributed by atoms with van der Waals surface area (Å²) >= 11 is 0. The average molecular weight is 445 g/mol. The topological polar surface area (TPSA) is 67.3 Å². The second kappa shape index (κ2) is 10.5. The van der Waals surface area contributed by atoms with Gasteiger partial charge in [0.25, 0.3) is 5.91 Å². The van der Waals surface area contributed by atoms with Crippen molar-refractivity contribution in [2.24, 2.45) is 0 Å². The van der Waals surface area contributed by atoms with Crippen molar-refractivity contribution in [3.8, 4) is 17.0 Å². The first kappa shape index (κ1) is 22.8. The third-order valence-electron chi connectivity index (χ3n) is 5.92. The number of piperidine rings is 1. The molecule has 0 saturated carbocycles. The molecule has 0 bridgehead atoms. The zero-order valence-corrected chi connectivity index (χ0v) is 19.7. The summed E-state index contributed by atoms with van der Waals surface area (Å²) < 4.78 is 5.86. The minimum Gasteiger partial charge on any atom is -0.483 e. The predicted octanol–water partition coefficient (Wildman–Crippen LogP) is 5.58. The van der Waals surface area contributed by atoms with Gasteiger partial charge in [0.15, 0.2) is 12.4 Å². The number of carbonyl (C=O) groups excluding carboxylic acids is 1. The molecule has 33 heavy (non-hydrogen) atoms. The number of hydrogen-bond donors (Lipinski definition) is 1. The van der Waals surface area contributed by atoms with Crippen molar-refractivity contribution in [2.45, 2.75) is 46.0 Å². The monoisotopic (exact) mass is 444 g/mol. The van der Waals surface area contributed by atoms with Crippen LogP contribution in [0.1, 0.15) is 50.2 Å². The quantitative estimate of drug-likeness (QED) is 0.515. The molecule has 2 heterocycles. The standard InChI is InChI=1S/C27H32N4O2/c1-19(2)23-11-10-20(3)16-25(23)33-18-27(32)28-22-9-7-8-21(17-22)24-12-13-26(30-29-24)31-14-5-4-6-15-31/h7-13,16-17,19H,4-6,14-15,18H2,1-3H3,(H,28,32). The molecule has 1 aliphatic heterocycles. The molecule has 1 aromatic heterocycles. The van der Waals surface area contributed by atoms with Crippen molar-refractivity contribution in [1.29, 1.82) is 0 Å². The molecule has 4 rings (SSSR count). The molecule has 172 valence electrons. The average Bonchev–Trinajstić information content (AvgIpc) is 2.83. The first-order valence-electron chi connectivity index (χ1n) is 11.7. The fraction of sp³-hybridized carbons (Fsp3) is 0.370. The lowest BCUT2D eigenvalue weighted by atomic mass is 10.0. The molecule has 1 N–H and O–H groups in total. The predicted molar refractivity (Wildman–Crippen MR) is 133 cm³/mol. The Morgan fingerprint density at radius 2 is 1.85 bits per heavy atom. The van der Waals surface area contributed by atoms with Gasteiger partial charge in [0.1, 0.15) is 5.75 Å². The van der Waals surface area contributed by atoms with Gasteiger partial charge in [0, 0.05) is 24.3 Å². The van der Waals surface area contributed by atoms with Gasteiger partial charge in [-0.25, -0.2) is 0 Å². The Morgan fingerprint density at radius 3 is 2.58 bits per heavy atom. The summed E-state index contributed by atoms with van der Waals surface area (Å²) in [4.78, 5) is 14.8. The van der Waals surface area contributed by atoms with Crippen molar-refractivity contribution in [2.75, 3.05) is 29.9 Å². The number of nitrogens with one attached hydrogen (secondary N) is 1. The number of nitrogens with zero attached hydrogens (tertiary/aromatic N) is 3. The van der Waals surface area contributed by atoms with E-state index in [-0.39, 0.29) is 12.5 Å². The summed E-state index contributed by atoms with van der Waals surface area (Å²) in [5, 5.41) is 11.8. The van der Waals surface area contributed by atoms with Gasteiger partial charge in [-0.15, -0.1) is 10.2 Å². The Kier molecular flexibility index (Phi) is 7.23. The van der Waals surface area contributed by atoms with E-state index < -0.39 is 0 Å². The van der Waals surface area contributed by atoms with Gasteiger partial charge in [0.2, 0.25) is 0 Å². The first-order chi connectivity index (χ1) is 16.0. The molecule has 2 aromatic carbocycles. The van der Waals surface area contributed by atoms with Crippen LogP contribution in [0, 0.1) is 6.92 Å². The van der Waals surface area contributed by atoms with E-state index in [0.29, 0.717) is 11.6 Å². The summed E-state index contributed by atoms with van der Waals surface area (Å²) in [6.45, 7) is 8.29. The lowest BCUT2D eigenvalue weighted by Crippen LogP contribution is -2.30. The number of amides is 1. The van der Waals surface area contributed by atoms with E-state index in [1.165, 1.54) is 19.3 Å². The van der Waals surface area contributed by atoms with Gasteiger partial charge in [-0.1, -0.05) is 38.1 Å². The lowest BCUT2D eigenvalue weighted by Gasteiger charge is -2.27. The molecule has 1 amide bonds. The Bertz CT molecular complexity index is 1090. The molecule has 0 unspecified atom stereocenters. The summed E-state index contributed by atoms with van der Waals surface area (Å²) in [6, 6.07) is 17.8. The highest BCUT2D eigenvalue weighted by atomic mass is 16.5. The van der Waals surface area contributed by atoms with Crippen LogP contribution < -0.4 is 15.0 Å². The number of anilines is 2. The Labute approximate surface area is 196 Å². The maximum Gasteiger partial charge on any atom is 0.262 e.